The zero-order valence-corrected chi connectivity index (χ0v) is 12.5. The molecule has 1 amide bonds. The van der Waals surface area contributed by atoms with Crippen molar-refractivity contribution < 1.29 is 18.7 Å². The predicted octanol–water partition coefficient (Wildman–Crippen LogP) is 3.81. The van der Waals surface area contributed by atoms with Crippen molar-refractivity contribution in [1.82, 2.24) is 4.90 Å². The van der Waals surface area contributed by atoms with Crippen LogP contribution in [0.2, 0.25) is 10.0 Å². The molecule has 1 atom stereocenters. The molecule has 0 unspecified atom stereocenters. The molecule has 1 saturated carbocycles. The van der Waals surface area contributed by atoms with E-state index in [1.807, 2.05) is 0 Å². The molecule has 0 bridgehead atoms. The Morgan fingerprint density at radius 1 is 1.29 bits per heavy atom. The first-order valence-corrected chi connectivity index (χ1v) is 7.38. The molecule has 7 heteroatoms. The van der Waals surface area contributed by atoms with E-state index in [9.17, 15) is 18.7 Å². The van der Waals surface area contributed by atoms with Crippen molar-refractivity contribution in [3.63, 3.8) is 0 Å². The molecule has 3 nitrogen and oxygen atoms in total. The number of benzene rings is 1. The second-order valence-electron chi connectivity index (χ2n) is 5.66. The number of halogens is 4. The third-order valence-corrected chi connectivity index (χ3v) is 5.00. The molecule has 3 rings (SSSR count). The van der Waals surface area contributed by atoms with Crippen LogP contribution in [-0.4, -0.2) is 34.4 Å². The fraction of sp³-hybridized carbons (Fsp3) is 0.500. The minimum atomic E-state index is -2.67. The van der Waals surface area contributed by atoms with Gasteiger partial charge in [-0.25, -0.2) is 8.78 Å². The van der Waals surface area contributed by atoms with Crippen molar-refractivity contribution in [2.45, 2.75) is 37.1 Å². The lowest BCUT2D eigenvalue weighted by Gasteiger charge is -2.40. The topological polar surface area (TPSA) is 40.5 Å². The van der Waals surface area contributed by atoms with Crippen molar-refractivity contribution >= 4 is 29.1 Å². The second-order valence-corrected chi connectivity index (χ2v) is 6.44. The summed E-state index contributed by atoms with van der Waals surface area (Å²) in [5, 5.41) is 10.5. The third kappa shape index (κ3) is 2.57. The first-order chi connectivity index (χ1) is 9.78. The summed E-state index contributed by atoms with van der Waals surface area (Å²) in [4.78, 5) is 13.5. The van der Waals surface area contributed by atoms with Crippen molar-refractivity contribution in [1.29, 1.82) is 0 Å². The fourth-order valence-electron chi connectivity index (χ4n) is 3.07. The third-order valence-electron chi connectivity index (χ3n) is 4.19. The number of alkyl halides is 2. The highest BCUT2D eigenvalue weighted by Gasteiger charge is 2.51. The molecular weight excluding hydrogens is 323 g/mol. The Morgan fingerprint density at radius 2 is 1.95 bits per heavy atom. The number of rotatable bonds is 2. The standard InChI is InChI=1S/C14H13Cl2F2NO2/c15-9-1-2-10(20)12(13(9)16)7-3-11(21)19(6-7)8-4-14(17,18)5-8/h1-2,7-8,20H,3-6H2/t7-/m1/s1. The molecule has 0 aromatic heterocycles. The van der Waals surface area contributed by atoms with Gasteiger partial charge in [0.05, 0.1) is 10.0 Å². The van der Waals surface area contributed by atoms with Crippen LogP contribution >= 0.6 is 23.2 Å². The molecule has 0 spiro atoms. The van der Waals surface area contributed by atoms with Crippen molar-refractivity contribution in [3.8, 4) is 5.75 Å². The number of nitrogens with zero attached hydrogens (tertiary/aromatic N) is 1. The highest BCUT2D eigenvalue weighted by Crippen LogP contribution is 2.46. The first kappa shape index (κ1) is 14.9. The summed E-state index contributed by atoms with van der Waals surface area (Å²) in [7, 11) is 0. The molecule has 2 fully saturated rings. The molecule has 1 heterocycles. The average molecular weight is 336 g/mol. The van der Waals surface area contributed by atoms with Crippen molar-refractivity contribution in [2.75, 3.05) is 6.54 Å². The largest absolute Gasteiger partial charge is 0.508 e. The number of hydrogen-bond donors (Lipinski definition) is 1. The smallest absolute Gasteiger partial charge is 0.252 e. The molecule has 1 N–H and O–H groups in total. The number of phenols is 1. The molecule has 114 valence electrons. The lowest BCUT2D eigenvalue weighted by atomic mass is 9.87. The lowest BCUT2D eigenvalue weighted by molar-refractivity contribution is -0.148. The monoisotopic (exact) mass is 335 g/mol. The molecule has 1 aliphatic carbocycles. The van der Waals surface area contributed by atoms with Gasteiger partial charge in [0.15, 0.2) is 0 Å². The van der Waals surface area contributed by atoms with E-state index in [0.29, 0.717) is 10.6 Å². The van der Waals surface area contributed by atoms with Gasteiger partial charge in [-0.1, -0.05) is 23.2 Å². The summed E-state index contributed by atoms with van der Waals surface area (Å²) in [6, 6.07) is 2.48. The highest BCUT2D eigenvalue weighted by atomic mass is 35.5. The van der Waals surface area contributed by atoms with Gasteiger partial charge in [0.25, 0.3) is 5.92 Å². The Kier molecular flexibility index (Phi) is 3.53. The Morgan fingerprint density at radius 3 is 2.57 bits per heavy atom. The van der Waals surface area contributed by atoms with E-state index in [2.05, 4.69) is 0 Å². The van der Waals surface area contributed by atoms with Gasteiger partial charge in [-0.15, -0.1) is 0 Å². The molecule has 1 aliphatic heterocycles. The summed E-state index contributed by atoms with van der Waals surface area (Å²) in [6.45, 7) is 0.285. The Labute approximate surface area is 130 Å². The normalized spacial score (nSPS) is 25.2. The number of aromatic hydroxyl groups is 1. The van der Waals surface area contributed by atoms with Crippen LogP contribution in [0.3, 0.4) is 0 Å². The van der Waals surface area contributed by atoms with E-state index >= 15 is 0 Å². The van der Waals surface area contributed by atoms with Crippen LogP contribution in [0.1, 0.15) is 30.7 Å². The fourth-order valence-corrected chi connectivity index (χ4v) is 3.55. The molecule has 0 radical (unpaired) electrons. The lowest BCUT2D eigenvalue weighted by Crippen LogP contribution is -2.51. The van der Waals surface area contributed by atoms with E-state index in [-0.39, 0.29) is 48.4 Å². The van der Waals surface area contributed by atoms with E-state index in [1.54, 1.807) is 0 Å². The van der Waals surface area contributed by atoms with Gasteiger partial charge in [-0.05, 0) is 12.1 Å². The molecule has 1 saturated heterocycles. The maximum atomic E-state index is 13.0. The number of carbonyl (C=O) groups is 1. The van der Waals surface area contributed by atoms with E-state index in [1.165, 1.54) is 17.0 Å². The predicted molar refractivity (Wildman–Crippen MR) is 75.2 cm³/mol. The quantitative estimate of drug-likeness (QED) is 0.892. The minimum absolute atomic E-state index is 0.0250. The van der Waals surface area contributed by atoms with Crippen molar-refractivity contribution in [2.24, 2.45) is 0 Å². The van der Waals surface area contributed by atoms with Gasteiger partial charge in [-0.3, -0.25) is 4.79 Å². The average Bonchev–Trinajstić information content (AvgIpc) is 2.73. The summed E-state index contributed by atoms with van der Waals surface area (Å²) < 4.78 is 25.9. The van der Waals surface area contributed by atoms with Crippen LogP contribution in [0.4, 0.5) is 8.78 Å². The number of carbonyl (C=O) groups excluding carboxylic acids is 1. The Balaban J connectivity index is 1.81. The number of amides is 1. The van der Waals surface area contributed by atoms with Gasteiger partial charge >= 0.3 is 0 Å². The SMILES string of the molecule is O=C1C[C@@H](c2c(O)ccc(Cl)c2Cl)CN1C1CC(F)(F)C1. The molecular formula is C14H13Cl2F2NO2. The van der Waals surface area contributed by atoms with Crippen LogP contribution in [0.15, 0.2) is 12.1 Å². The van der Waals surface area contributed by atoms with Gasteiger partial charge in [0, 0.05) is 43.3 Å². The van der Waals surface area contributed by atoms with Gasteiger partial charge in [0.1, 0.15) is 5.75 Å². The van der Waals surface area contributed by atoms with Crippen molar-refractivity contribution in [3.05, 3.63) is 27.7 Å². The summed E-state index contributed by atoms with van der Waals surface area (Å²) in [6.07, 6.45) is -0.433. The summed E-state index contributed by atoms with van der Waals surface area (Å²) in [5.41, 5.74) is 0.422. The first-order valence-electron chi connectivity index (χ1n) is 6.62. The van der Waals surface area contributed by atoms with Crippen LogP contribution in [-0.2, 0) is 4.79 Å². The number of likely N-dealkylation sites (tertiary alicyclic amines) is 1. The zero-order chi connectivity index (χ0) is 15.4. The minimum Gasteiger partial charge on any atom is -0.508 e. The molecule has 1 aromatic rings. The maximum absolute atomic E-state index is 13.0. The summed E-state index contributed by atoms with van der Waals surface area (Å²) in [5.74, 6) is -3.20. The van der Waals surface area contributed by atoms with Gasteiger partial charge in [-0.2, -0.15) is 0 Å². The second kappa shape index (κ2) is 4.99. The highest BCUT2D eigenvalue weighted by molar-refractivity contribution is 6.42. The summed E-state index contributed by atoms with van der Waals surface area (Å²) >= 11 is 12.0. The number of phenolic OH excluding ortho intramolecular Hbond substituents is 1. The van der Waals surface area contributed by atoms with E-state index in [0.717, 1.165) is 0 Å². The molecule has 1 aromatic carbocycles. The maximum Gasteiger partial charge on any atom is 0.252 e. The van der Waals surface area contributed by atoms with Gasteiger partial charge in [0.2, 0.25) is 5.91 Å². The zero-order valence-electron chi connectivity index (χ0n) is 11.0. The van der Waals surface area contributed by atoms with E-state index < -0.39 is 12.0 Å². The van der Waals surface area contributed by atoms with Crippen LogP contribution in [0.5, 0.6) is 5.75 Å². The molecule has 2 aliphatic rings. The van der Waals surface area contributed by atoms with Crippen LogP contribution in [0, 0.1) is 0 Å². The Hall–Kier alpha value is -1.07. The van der Waals surface area contributed by atoms with E-state index in [4.69, 9.17) is 23.2 Å². The van der Waals surface area contributed by atoms with Crippen LogP contribution in [0.25, 0.3) is 0 Å². The van der Waals surface area contributed by atoms with Crippen LogP contribution < -0.4 is 0 Å². The van der Waals surface area contributed by atoms with Gasteiger partial charge < -0.3 is 10.0 Å². The Bertz CT molecular complexity index is 601. The molecule has 21 heavy (non-hydrogen) atoms. The number of hydrogen-bond acceptors (Lipinski definition) is 2.